The lowest BCUT2D eigenvalue weighted by atomic mass is 10.0. The van der Waals surface area contributed by atoms with E-state index in [1.165, 1.54) is 0 Å². The molecule has 0 unspecified atom stereocenters. The van der Waals surface area contributed by atoms with Gasteiger partial charge in [0, 0.05) is 28.8 Å². The van der Waals surface area contributed by atoms with Crippen LogP contribution in [0.15, 0.2) is 35.0 Å². The van der Waals surface area contributed by atoms with Crippen LogP contribution in [-0.4, -0.2) is 46.5 Å². The molecule has 2 amide bonds. The summed E-state index contributed by atoms with van der Waals surface area (Å²) >= 11 is 0. The predicted octanol–water partition coefficient (Wildman–Crippen LogP) is 3.07. The summed E-state index contributed by atoms with van der Waals surface area (Å²) in [6, 6.07) is 7.84. The third-order valence-electron chi connectivity index (χ3n) is 6.41. The molecule has 9 heteroatoms. The van der Waals surface area contributed by atoms with E-state index in [-0.39, 0.29) is 24.0 Å². The van der Waals surface area contributed by atoms with Crippen LogP contribution in [0.4, 0.5) is 10.5 Å². The molecule has 1 saturated carbocycles. The van der Waals surface area contributed by atoms with Crippen molar-refractivity contribution < 1.29 is 18.8 Å². The summed E-state index contributed by atoms with van der Waals surface area (Å²) < 4.78 is 10.8. The van der Waals surface area contributed by atoms with Gasteiger partial charge in [-0.25, -0.2) is 4.79 Å². The number of rotatable bonds is 5. The van der Waals surface area contributed by atoms with Crippen molar-refractivity contribution in [3.8, 4) is 22.7 Å². The number of benzene rings is 1. The molecule has 3 heterocycles. The predicted molar refractivity (Wildman–Crippen MR) is 115 cm³/mol. The summed E-state index contributed by atoms with van der Waals surface area (Å²) in [6.07, 6.45) is 5.54. The molecule has 32 heavy (non-hydrogen) atoms. The minimum atomic E-state index is -0.377. The number of carbonyl (C=O) groups excluding carboxylic acids is 2. The second kappa shape index (κ2) is 7.51. The highest BCUT2D eigenvalue weighted by atomic mass is 16.6. The number of carbonyl (C=O) groups is 2. The van der Waals surface area contributed by atoms with E-state index in [0.717, 1.165) is 65.9 Å². The zero-order valence-corrected chi connectivity index (χ0v) is 17.5. The number of cyclic esters (lactones) is 1. The summed E-state index contributed by atoms with van der Waals surface area (Å²) in [5.41, 5.74) is 5.92. The lowest BCUT2D eigenvalue weighted by Gasteiger charge is -2.16. The first kappa shape index (κ1) is 19.1. The van der Waals surface area contributed by atoms with Crippen molar-refractivity contribution in [1.29, 1.82) is 0 Å². The summed E-state index contributed by atoms with van der Waals surface area (Å²) in [5.74, 6) is 0.881. The van der Waals surface area contributed by atoms with Crippen LogP contribution in [0.25, 0.3) is 22.7 Å². The number of aromatic amines is 1. The molecular formula is C23H23N5O4. The number of hydrogen-bond donors (Lipinski definition) is 2. The lowest BCUT2D eigenvalue weighted by Crippen LogP contribution is -2.35. The molecule has 1 saturated heterocycles. The van der Waals surface area contributed by atoms with Crippen LogP contribution >= 0.6 is 0 Å². The van der Waals surface area contributed by atoms with Gasteiger partial charge in [-0.15, -0.1) is 0 Å². The summed E-state index contributed by atoms with van der Waals surface area (Å²) in [4.78, 5) is 26.0. The SMILES string of the molecule is O=C(NC[C@H]1CN(c2ccc3c(c2)CCCc2c-3n[nH]c2-c2ccno2)C(=O)O1)C1CC1. The zero-order valence-electron chi connectivity index (χ0n) is 17.5. The summed E-state index contributed by atoms with van der Waals surface area (Å²) in [7, 11) is 0. The van der Waals surface area contributed by atoms with E-state index in [1.807, 2.05) is 18.2 Å². The van der Waals surface area contributed by atoms with Crippen LogP contribution in [0.5, 0.6) is 0 Å². The van der Waals surface area contributed by atoms with E-state index in [1.54, 1.807) is 11.1 Å². The minimum Gasteiger partial charge on any atom is -0.442 e. The third kappa shape index (κ3) is 3.34. The van der Waals surface area contributed by atoms with E-state index in [0.29, 0.717) is 18.8 Å². The lowest BCUT2D eigenvalue weighted by molar-refractivity contribution is -0.122. The van der Waals surface area contributed by atoms with Crippen molar-refractivity contribution in [3.05, 3.63) is 41.6 Å². The number of aromatic nitrogens is 3. The molecule has 1 aromatic carbocycles. The number of ether oxygens (including phenoxy) is 1. The Balaban J connectivity index is 1.23. The van der Waals surface area contributed by atoms with Gasteiger partial charge in [-0.3, -0.25) is 14.8 Å². The monoisotopic (exact) mass is 433 g/mol. The van der Waals surface area contributed by atoms with Gasteiger partial charge in [-0.2, -0.15) is 5.10 Å². The minimum absolute atomic E-state index is 0.0593. The molecule has 2 aliphatic carbocycles. The fourth-order valence-electron chi connectivity index (χ4n) is 4.56. The first-order valence-electron chi connectivity index (χ1n) is 11.0. The Morgan fingerprint density at radius 2 is 2.16 bits per heavy atom. The Labute approximate surface area is 184 Å². The quantitative estimate of drug-likeness (QED) is 0.639. The van der Waals surface area contributed by atoms with Crippen LogP contribution in [0.3, 0.4) is 0 Å². The van der Waals surface area contributed by atoms with Crippen LogP contribution in [0.2, 0.25) is 0 Å². The topological polar surface area (TPSA) is 113 Å². The Bertz CT molecular complexity index is 1180. The van der Waals surface area contributed by atoms with E-state index in [2.05, 4.69) is 26.7 Å². The molecule has 6 rings (SSSR count). The Morgan fingerprint density at radius 3 is 2.97 bits per heavy atom. The van der Waals surface area contributed by atoms with E-state index < -0.39 is 0 Å². The molecule has 3 aliphatic rings. The fourth-order valence-corrected chi connectivity index (χ4v) is 4.56. The van der Waals surface area contributed by atoms with Crippen LogP contribution in [0.1, 0.15) is 30.4 Å². The molecule has 0 radical (unpaired) electrons. The molecule has 1 atom stereocenters. The molecule has 2 N–H and O–H groups in total. The number of amides is 2. The Morgan fingerprint density at radius 1 is 1.25 bits per heavy atom. The normalized spacial score (nSPS) is 19.8. The largest absolute Gasteiger partial charge is 0.442 e. The highest BCUT2D eigenvalue weighted by molar-refractivity contribution is 5.91. The molecule has 0 bridgehead atoms. The average molecular weight is 433 g/mol. The summed E-state index contributed by atoms with van der Waals surface area (Å²) in [5, 5.41) is 14.4. The maximum absolute atomic E-state index is 12.5. The van der Waals surface area contributed by atoms with Gasteiger partial charge in [-0.05, 0) is 49.8 Å². The van der Waals surface area contributed by atoms with Crippen molar-refractivity contribution in [2.24, 2.45) is 5.92 Å². The zero-order chi connectivity index (χ0) is 21.7. The van der Waals surface area contributed by atoms with Gasteiger partial charge in [0.25, 0.3) is 0 Å². The molecular weight excluding hydrogens is 410 g/mol. The number of aryl methyl sites for hydroxylation is 1. The van der Waals surface area contributed by atoms with Crippen LogP contribution in [0, 0.1) is 5.92 Å². The maximum Gasteiger partial charge on any atom is 0.414 e. The maximum atomic E-state index is 12.5. The highest BCUT2D eigenvalue weighted by Gasteiger charge is 2.35. The third-order valence-corrected chi connectivity index (χ3v) is 6.41. The van der Waals surface area contributed by atoms with Gasteiger partial charge in [0.2, 0.25) is 5.91 Å². The fraction of sp³-hybridized carbons (Fsp3) is 0.391. The van der Waals surface area contributed by atoms with Crippen molar-refractivity contribution >= 4 is 17.7 Å². The number of H-pyrrole nitrogens is 1. The number of nitrogens with one attached hydrogen (secondary N) is 2. The highest BCUT2D eigenvalue weighted by Crippen LogP contribution is 2.38. The first-order valence-corrected chi connectivity index (χ1v) is 11.0. The van der Waals surface area contributed by atoms with Gasteiger partial charge >= 0.3 is 6.09 Å². The van der Waals surface area contributed by atoms with Crippen molar-refractivity contribution in [2.75, 3.05) is 18.0 Å². The van der Waals surface area contributed by atoms with Gasteiger partial charge in [0.1, 0.15) is 11.8 Å². The molecule has 2 aromatic heterocycles. The van der Waals surface area contributed by atoms with Crippen LogP contribution in [-0.2, 0) is 22.4 Å². The van der Waals surface area contributed by atoms with E-state index >= 15 is 0 Å². The second-order valence-electron chi connectivity index (χ2n) is 8.63. The molecule has 0 spiro atoms. The molecule has 3 aromatic rings. The molecule has 1 aliphatic heterocycles. The Kier molecular flexibility index (Phi) is 4.48. The van der Waals surface area contributed by atoms with E-state index in [9.17, 15) is 9.59 Å². The first-order chi connectivity index (χ1) is 15.7. The molecule has 2 fully saturated rings. The van der Waals surface area contributed by atoms with Crippen molar-refractivity contribution in [2.45, 2.75) is 38.2 Å². The second-order valence-corrected chi connectivity index (χ2v) is 8.63. The number of anilines is 1. The van der Waals surface area contributed by atoms with Gasteiger partial charge in [0.15, 0.2) is 5.76 Å². The smallest absolute Gasteiger partial charge is 0.414 e. The van der Waals surface area contributed by atoms with Crippen molar-refractivity contribution in [3.63, 3.8) is 0 Å². The van der Waals surface area contributed by atoms with Gasteiger partial charge < -0.3 is 14.6 Å². The van der Waals surface area contributed by atoms with Gasteiger partial charge in [-0.1, -0.05) is 11.2 Å². The standard InChI is InChI=1S/C23H23N5O4/c29-22(13-4-5-13)24-11-16-12-28(23(30)31-16)15-6-7-17-14(10-15)2-1-3-18-20(17)26-27-21(18)19-8-9-25-32-19/h6-10,13,16H,1-5,11-12H2,(H,24,29)(H,26,27)/t16-/m0/s1. The number of fused-ring (bicyclic) bond motifs is 3. The molecule has 9 nitrogen and oxygen atoms in total. The number of nitrogens with zero attached hydrogens (tertiary/aromatic N) is 3. The van der Waals surface area contributed by atoms with Gasteiger partial charge in [0.05, 0.1) is 25.0 Å². The van der Waals surface area contributed by atoms with Crippen LogP contribution < -0.4 is 10.2 Å². The summed E-state index contributed by atoms with van der Waals surface area (Å²) in [6.45, 7) is 0.773. The average Bonchev–Trinajstić information content (AvgIpc) is 3.22. The Hall–Kier alpha value is -3.62. The molecule has 164 valence electrons. The van der Waals surface area contributed by atoms with E-state index in [4.69, 9.17) is 9.26 Å². The van der Waals surface area contributed by atoms with Crippen molar-refractivity contribution in [1.82, 2.24) is 20.7 Å². The number of hydrogen-bond acceptors (Lipinski definition) is 6.